The number of halogens is 1. The highest BCUT2D eigenvalue weighted by atomic mass is 19.1. The quantitative estimate of drug-likeness (QED) is 0.717. The molecule has 0 fully saturated rings. The van der Waals surface area contributed by atoms with E-state index in [1.807, 2.05) is 24.3 Å². The first-order valence-electron chi connectivity index (χ1n) is 7.29. The van der Waals surface area contributed by atoms with Gasteiger partial charge in [0.25, 0.3) is 0 Å². The molecule has 0 spiro atoms. The largest absolute Gasteiger partial charge is 0.376 e. The van der Waals surface area contributed by atoms with Crippen LogP contribution in [0.5, 0.6) is 0 Å². The van der Waals surface area contributed by atoms with Gasteiger partial charge < -0.3 is 10.6 Å². The van der Waals surface area contributed by atoms with E-state index in [0.717, 1.165) is 16.9 Å². The molecule has 7 nitrogen and oxygen atoms in total. The number of amides is 1. The molecule has 0 unspecified atom stereocenters. The molecular weight excluding hydrogens is 311 g/mol. The van der Waals surface area contributed by atoms with Crippen molar-refractivity contribution in [1.82, 2.24) is 25.5 Å². The van der Waals surface area contributed by atoms with Crippen molar-refractivity contribution in [2.24, 2.45) is 0 Å². The predicted molar refractivity (Wildman–Crippen MR) is 85.9 cm³/mol. The number of hydrogen-bond donors (Lipinski definition) is 2. The van der Waals surface area contributed by atoms with Crippen LogP contribution in [0.3, 0.4) is 0 Å². The predicted octanol–water partition coefficient (Wildman–Crippen LogP) is 1.53. The summed E-state index contributed by atoms with van der Waals surface area (Å²) in [5.41, 5.74) is 2.48. The van der Waals surface area contributed by atoms with Crippen LogP contribution in [0.25, 0.3) is 5.69 Å². The van der Waals surface area contributed by atoms with Gasteiger partial charge in [-0.1, -0.05) is 12.1 Å². The fraction of sp³-hybridized carbons (Fsp3) is 0.125. The zero-order valence-electron chi connectivity index (χ0n) is 12.7. The molecule has 1 aromatic heterocycles. The lowest BCUT2D eigenvalue weighted by Crippen LogP contribution is -2.29. The Labute approximate surface area is 137 Å². The molecular formula is C16H15FN6O. The first-order valence-corrected chi connectivity index (χ1v) is 7.29. The maximum absolute atomic E-state index is 12.8. The van der Waals surface area contributed by atoms with E-state index in [0.29, 0.717) is 6.54 Å². The maximum atomic E-state index is 12.8. The molecule has 122 valence electrons. The van der Waals surface area contributed by atoms with Gasteiger partial charge in [-0.3, -0.25) is 4.79 Å². The average molecular weight is 326 g/mol. The van der Waals surface area contributed by atoms with Crippen molar-refractivity contribution in [3.63, 3.8) is 0 Å². The summed E-state index contributed by atoms with van der Waals surface area (Å²) in [5.74, 6) is -0.444. The van der Waals surface area contributed by atoms with Crippen LogP contribution in [-0.4, -0.2) is 32.7 Å². The topological polar surface area (TPSA) is 84.7 Å². The van der Waals surface area contributed by atoms with E-state index in [1.165, 1.54) is 18.5 Å². The van der Waals surface area contributed by atoms with Crippen LogP contribution in [0.1, 0.15) is 5.56 Å². The minimum Gasteiger partial charge on any atom is -0.376 e. The van der Waals surface area contributed by atoms with Gasteiger partial charge in [0.1, 0.15) is 12.1 Å². The van der Waals surface area contributed by atoms with Crippen LogP contribution in [-0.2, 0) is 11.3 Å². The Morgan fingerprint density at radius 1 is 1.08 bits per heavy atom. The Morgan fingerprint density at radius 3 is 2.50 bits per heavy atom. The number of anilines is 1. The number of nitrogens with one attached hydrogen (secondary N) is 2. The van der Waals surface area contributed by atoms with Crippen molar-refractivity contribution >= 4 is 11.6 Å². The number of tetrazole rings is 1. The van der Waals surface area contributed by atoms with Crippen LogP contribution in [0.4, 0.5) is 10.1 Å². The van der Waals surface area contributed by atoms with Crippen LogP contribution in [0.2, 0.25) is 0 Å². The number of hydrogen-bond acceptors (Lipinski definition) is 5. The first-order chi connectivity index (χ1) is 11.7. The second kappa shape index (κ2) is 7.32. The van der Waals surface area contributed by atoms with Crippen LogP contribution >= 0.6 is 0 Å². The van der Waals surface area contributed by atoms with Crippen molar-refractivity contribution < 1.29 is 9.18 Å². The molecule has 0 aliphatic heterocycles. The molecule has 0 radical (unpaired) electrons. The molecule has 0 atom stereocenters. The average Bonchev–Trinajstić information content (AvgIpc) is 3.14. The summed E-state index contributed by atoms with van der Waals surface area (Å²) >= 11 is 0. The molecule has 24 heavy (non-hydrogen) atoms. The highest BCUT2D eigenvalue weighted by Crippen LogP contribution is 2.11. The molecule has 3 rings (SSSR count). The summed E-state index contributed by atoms with van der Waals surface area (Å²) in [7, 11) is 0. The van der Waals surface area contributed by atoms with Gasteiger partial charge in [0.2, 0.25) is 5.91 Å². The molecule has 1 amide bonds. The third-order valence-electron chi connectivity index (χ3n) is 3.34. The third-order valence-corrected chi connectivity index (χ3v) is 3.34. The van der Waals surface area contributed by atoms with Gasteiger partial charge in [0.05, 0.1) is 12.2 Å². The molecule has 2 N–H and O–H groups in total. The molecule has 0 saturated heterocycles. The van der Waals surface area contributed by atoms with Gasteiger partial charge in [-0.15, -0.1) is 5.10 Å². The molecule has 0 aliphatic rings. The van der Waals surface area contributed by atoms with Crippen molar-refractivity contribution in [2.45, 2.75) is 6.54 Å². The lowest BCUT2D eigenvalue weighted by atomic mass is 10.2. The molecule has 8 heteroatoms. The van der Waals surface area contributed by atoms with Crippen molar-refractivity contribution in [3.8, 4) is 5.69 Å². The number of rotatable bonds is 6. The molecule has 0 saturated carbocycles. The van der Waals surface area contributed by atoms with E-state index in [2.05, 4.69) is 26.2 Å². The highest BCUT2D eigenvalue weighted by Gasteiger charge is 2.03. The zero-order valence-corrected chi connectivity index (χ0v) is 12.7. The summed E-state index contributed by atoms with van der Waals surface area (Å²) in [6.45, 7) is 0.504. The Balaban J connectivity index is 1.46. The minimum atomic E-state index is -0.295. The summed E-state index contributed by atoms with van der Waals surface area (Å²) < 4.78 is 14.3. The fourth-order valence-electron chi connectivity index (χ4n) is 2.06. The molecule has 0 bridgehead atoms. The second-order valence-corrected chi connectivity index (χ2v) is 5.06. The van der Waals surface area contributed by atoms with E-state index in [4.69, 9.17) is 0 Å². The smallest absolute Gasteiger partial charge is 0.239 e. The standard InChI is InChI=1S/C16H15FN6O/c17-13-3-1-12(2-4-13)9-19-16(24)10-18-14-5-7-15(8-6-14)23-11-20-21-22-23/h1-8,11,18H,9-10H2,(H,19,24). The fourth-order valence-corrected chi connectivity index (χ4v) is 2.06. The van der Waals surface area contributed by atoms with Crippen molar-refractivity contribution in [3.05, 3.63) is 66.2 Å². The minimum absolute atomic E-state index is 0.144. The van der Waals surface area contributed by atoms with E-state index in [1.54, 1.807) is 16.8 Å². The van der Waals surface area contributed by atoms with E-state index >= 15 is 0 Å². The van der Waals surface area contributed by atoms with Crippen LogP contribution in [0.15, 0.2) is 54.9 Å². The van der Waals surface area contributed by atoms with Crippen LogP contribution < -0.4 is 10.6 Å². The number of nitrogens with zero attached hydrogens (tertiary/aromatic N) is 4. The van der Waals surface area contributed by atoms with E-state index < -0.39 is 0 Å². The normalized spacial score (nSPS) is 10.4. The van der Waals surface area contributed by atoms with Gasteiger partial charge in [0.15, 0.2) is 0 Å². The Morgan fingerprint density at radius 2 is 1.83 bits per heavy atom. The Hall–Kier alpha value is -3.29. The summed E-state index contributed by atoms with van der Waals surface area (Å²) in [6.07, 6.45) is 1.51. The van der Waals surface area contributed by atoms with Crippen molar-refractivity contribution in [2.75, 3.05) is 11.9 Å². The van der Waals surface area contributed by atoms with Crippen LogP contribution in [0, 0.1) is 5.82 Å². The first kappa shape index (κ1) is 15.6. The van der Waals surface area contributed by atoms with E-state index in [9.17, 15) is 9.18 Å². The third kappa shape index (κ3) is 4.13. The number of benzene rings is 2. The number of aromatic nitrogens is 4. The summed E-state index contributed by atoms with van der Waals surface area (Å²) in [4.78, 5) is 11.8. The molecule has 3 aromatic rings. The summed E-state index contributed by atoms with van der Waals surface area (Å²) in [5, 5.41) is 16.7. The van der Waals surface area contributed by atoms with Gasteiger partial charge >= 0.3 is 0 Å². The maximum Gasteiger partial charge on any atom is 0.239 e. The lowest BCUT2D eigenvalue weighted by molar-refractivity contribution is -0.119. The van der Waals surface area contributed by atoms with Gasteiger partial charge in [-0.05, 0) is 52.4 Å². The Bertz CT molecular complexity index is 786. The van der Waals surface area contributed by atoms with Gasteiger partial charge in [-0.2, -0.15) is 0 Å². The summed E-state index contributed by atoms with van der Waals surface area (Å²) in [6, 6.07) is 13.4. The lowest BCUT2D eigenvalue weighted by Gasteiger charge is -2.08. The molecule has 1 heterocycles. The highest BCUT2D eigenvalue weighted by molar-refractivity contribution is 5.80. The van der Waals surface area contributed by atoms with Gasteiger partial charge in [-0.25, -0.2) is 9.07 Å². The Kier molecular flexibility index (Phi) is 4.76. The number of carbonyl (C=O) groups is 1. The number of carbonyl (C=O) groups excluding carboxylic acids is 1. The molecule has 0 aliphatic carbocycles. The molecule has 2 aromatic carbocycles. The SMILES string of the molecule is O=C(CNc1ccc(-n2cnnn2)cc1)NCc1ccc(F)cc1. The zero-order chi connectivity index (χ0) is 16.8. The monoisotopic (exact) mass is 326 g/mol. The van der Waals surface area contributed by atoms with Gasteiger partial charge in [0, 0.05) is 12.2 Å². The van der Waals surface area contributed by atoms with Crippen molar-refractivity contribution in [1.29, 1.82) is 0 Å². The second-order valence-electron chi connectivity index (χ2n) is 5.06. The van der Waals surface area contributed by atoms with E-state index in [-0.39, 0.29) is 18.3 Å².